The van der Waals surface area contributed by atoms with Crippen LogP contribution in [0.25, 0.3) is 16.3 Å². The van der Waals surface area contributed by atoms with Gasteiger partial charge in [-0.1, -0.05) is 6.07 Å². The molecule has 0 aliphatic heterocycles. The molecule has 1 amide bonds. The number of amides is 1. The number of hydrogen-bond donors (Lipinski definition) is 1. The Kier molecular flexibility index (Phi) is 4.09. The molecule has 0 saturated heterocycles. The third-order valence-electron chi connectivity index (χ3n) is 3.91. The highest BCUT2D eigenvalue weighted by molar-refractivity contribution is 7.17. The van der Waals surface area contributed by atoms with Gasteiger partial charge in [0.05, 0.1) is 5.69 Å². The number of thiazole rings is 2. The van der Waals surface area contributed by atoms with Crippen molar-refractivity contribution in [3.05, 3.63) is 62.5 Å². The molecule has 130 valence electrons. The molecule has 0 atom stereocenters. The van der Waals surface area contributed by atoms with Crippen LogP contribution in [0.2, 0.25) is 0 Å². The first kappa shape index (κ1) is 16.6. The number of hydrogen-bond acceptors (Lipinski definition) is 7. The van der Waals surface area contributed by atoms with Crippen LogP contribution in [0.3, 0.4) is 0 Å². The van der Waals surface area contributed by atoms with E-state index in [1.165, 1.54) is 33.3 Å². The van der Waals surface area contributed by atoms with E-state index in [0.717, 1.165) is 16.3 Å². The summed E-state index contributed by atoms with van der Waals surface area (Å²) in [6, 6.07) is 5.53. The molecular formula is C17H13N5O2S2. The van der Waals surface area contributed by atoms with Crippen LogP contribution in [0.5, 0.6) is 0 Å². The Balaban J connectivity index is 1.64. The number of anilines is 1. The van der Waals surface area contributed by atoms with Crippen molar-refractivity contribution in [3.8, 4) is 11.4 Å². The number of carbonyl (C=O) groups excluding carboxylic acids is 1. The van der Waals surface area contributed by atoms with E-state index >= 15 is 0 Å². The van der Waals surface area contributed by atoms with Crippen LogP contribution < -0.4 is 10.9 Å². The van der Waals surface area contributed by atoms with Gasteiger partial charge < -0.3 is 0 Å². The average Bonchev–Trinajstić information content (AvgIpc) is 3.21. The summed E-state index contributed by atoms with van der Waals surface area (Å²) in [5, 5.41) is 4.88. The summed E-state index contributed by atoms with van der Waals surface area (Å²) < 4.78 is 1.47. The fraction of sp³-hybridized carbons (Fsp3) is 0.118. The van der Waals surface area contributed by atoms with Crippen LogP contribution >= 0.6 is 22.7 Å². The second-order valence-electron chi connectivity index (χ2n) is 5.55. The van der Waals surface area contributed by atoms with E-state index in [9.17, 15) is 9.59 Å². The summed E-state index contributed by atoms with van der Waals surface area (Å²) >= 11 is 2.70. The first-order valence-electron chi connectivity index (χ1n) is 7.70. The van der Waals surface area contributed by atoms with Crippen molar-refractivity contribution in [2.24, 2.45) is 0 Å². The van der Waals surface area contributed by atoms with E-state index in [1.807, 2.05) is 32.0 Å². The highest BCUT2D eigenvalue weighted by atomic mass is 32.1. The van der Waals surface area contributed by atoms with Gasteiger partial charge in [0.1, 0.15) is 11.3 Å². The van der Waals surface area contributed by atoms with Gasteiger partial charge in [-0.25, -0.2) is 9.97 Å². The molecule has 0 aliphatic carbocycles. The van der Waals surface area contributed by atoms with Gasteiger partial charge in [0.25, 0.3) is 11.5 Å². The molecule has 0 fully saturated rings. The Morgan fingerprint density at radius 1 is 1.19 bits per heavy atom. The number of pyridine rings is 1. The number of rotatable bonds is 3. The third kappa shape index (κ3) is 2.80. The molecule has 4 rings (SSSR count). The molecule has 0 aromatic carbocycles. The largest absolute Gasteiger partial charge is 0.298 e. The molecule has 0 aliphatic rings. The lowest BCUT2D eigenvalue weighted by Crippen LogP contribution is -2.26. The molecule has 0 saturated carbocycles. The number of aromatic nitrogens is 4. The molecular weight excluding hydrogens is 370 g/mol. The molecule has 0 radical (unpaired) electrons. The Labute approximate surface area is 156 Å². The Bertz CT molecular complexity index is 1180. The topological polar surface area (TPSA) is 89.2 Å². The summed E-state index contributed by atoms with van der Waals surface area (Å²) in [5.41, 5.74) is 1.79. The van der Waals surface area contributed by atoms with Gasteiger partial charge in [0.15, 0.2) is 10.1 Å². The molecule has 9 heteroatoms. The smallest absolute Gasteiger partial charge is 0.271 e. The first-order chi connectivity index (χ1) is 12.5. The van der Waals surface area contributed by atoms with Gasteiger partial charge in [-0.2, -0.15) is 0 Å². The summed E-state index contributed by atoms with van der Waals surface area (Å²) in [5.74, 6) is -0.526. The molecule has 4 heterocycles. The fourth-order valence-corrected chi connectivity index (χ4v) is 4.09. The van der Waals surface area contributed by atoms with Crippen LogP contribution in [-0.4, -0.2) is 25.3 Å². The van der Waals surface area contributed by atoms with E-state index in [2.05, 4.69) is 20.3 Å². The quantitative estimate of drug-likeness (QED) is 0.587. The molecule has 0 spiro atoms. The fourth-order valence-electron chi connectivity index (χ4n) is 2.46. The summed E-state index contributed by atoms with van der Waals surface area (Å²) in [7, 11) is 0. The summed E-state index contributed by atoms with van der Waals surface area (Å²) in [4.78, 5) is 39.6. The van der Waals surface area contributed by atoms with Gasteiger partial charge >= 0.3 is 0 Å². The predicted octanol–water partition coefficient (Wildman–Crippen LogP) is 3.14. The van der Waals surface area contributed by atoms with Gasteiger partial charge in [0, 0.05) is 28.3 Å². The van der Waals surface area contributed by atoms with E-state index in [0.29, 0.717) is 15.8 Å². The van der Waals surface area contributed by atoms with E-state index in [1.54, 1.807) is 11.6 Å². The van der Waals surface area contributed by atoms with Crippen molar-refractivity contribution >= 4 is 38.7 Å². The first-order valence-corrected chi connectivity index (χ1v) is 9.40. The zero-order valence-corrected chi connectivity index (χ0v) is 15.5. The maximum atomic E-state index is 12.7. The Hall–Kier alpha value is -2.91. The highest BCUT2D eigenvalue weighted by Crippen LogP contribution is 2.23. The second-order valence-corrected chi connectivity index (χ2v) is 7.59. The van der Waals surface area contributed by atoms with Crippen molar-refractivity contribution in [2.45, 2.75) is 13.8 Å². The highest BCUT2D eigenvalue weighted by Gasteiger charge is 2.18. The third-order valence-corrected chi connectivity index (χ3v) is 5.74. The van der Waals surface area contributed by atoms with Crippen molar-refractivity contribution < 1.29 is 4.79 Å². The molecule has 0 bridgehead atoms. The monoisotopic (exact) mass is 383 g/mol. The second kappa shape index (κ2) is 6.43. The lowest BCUT2D eigenvalue weighted by Gasteiger charge is -2.02. The number of nitrogens with zero attached hydrogens (tertiary/aromatic N) is 4. The minimum absolute atomic E-state index is 0.0158. The van der Waals surface area contributed by atoms with Crippen LogP contribution in [0.4, 0.5) is 5.13 Å². The molecule has 0 unspecified atom stereocenters. The molecule has 26 heavy (non-hydrogen) atoms. The molecule has 1 N–H and O–H groups in total. The minimum atomic E-state index is -0.526. The molecule has 7 nitrogen and oxygen atoms in total. The van der Waals surface area contributed by atoms with E-state index in [-0.39, 0.29) is 11.1 Å². The maximum Gasteiger partial charge on any atom is 0.271 e. The SMILES string of the molecule is Cc1sc2ncc(C(=O)Nc3nc(-c4ccccn4)cs3)c(=O)n2c1C. The van der Waals surface area contributed by atoms with Gasteiger partial charge in [0.2, 0.25) is 0 Å². The zero-order chi connectivity index (χ0) is 18.3. The van der Waals surface area contributed by atoms with Crippen LogP contribution in [0.15, 0.2) is 40.8 Å². The maximum absolute atomic E-state index is 12.7. The van der Waals surface area contributed by atoms with Crippen LogP contribution in [0.1, 0.15) is 20.9 Å². The van der Waals surface area contributed by atoms with Gasteiger partial charge in [-0.05, 0) is 26.0 Å². The number of aryl methyl sites for hydroxylation is 2. The van der Waals surface area contributed by atoms with Gasteiger partial charge in [-0.3, -0.25) is 24.3 Å². The Morgan fingerprint density at radius 2 is 2.04 bits per heavy atom. The van der Waals surface area contributed by atoms with Crippen molar-refractivity contribution in [1.29, 1.82) is 0 Å². The standard InChI is InChI=1S/C17H13N5O2S2/c1-9-10(2)26-17-19-7-11(15(24)22(9)17)14(23)21-16-20-13(8-25-16)12-5-3-4-6-18-12/h3-8H,1-2H3,(H,20,21,23). The van der Waals surface area contributed by atoms with Crippen LogP contribution in [-0.2, 0) is 0 Å². The van der Waals surface area contributed by atoms with Crippen molar-refractivity contribution in [1.82, 2.24) is 19.4 Å². The van der Waals surface area contributed by atoms with Gasteiger partial charge in [-0.15, -0.1) is 22.7 Å². The number of nitrogens with one attached hydrogen (secondary N) is 1. The lowest BCUT2D eigenvalue weighted by molar-refractivity contribution is 0.102. The predicted molar refractivity (Wildman–Crippen MR) is 102 cm³/mol. The average molecular weight is 383 g/mol. The summed E-state index contributed by atoms with van der Waals surface area (Å²) in [6.45, 7) is 3.76. The van der Waals surface area contributed by atoms with Crippen molar-refractivity contribution in [2.75, 3.05) is 5.32 Å². The normalized spacial score (nSPS) is 11.0. The minimum Gasteiger partial charge on any atom is -0.298 e. The lowest BCUT2D eigenvalue weighted by atomic mass is 10.3. The van der Waals surface area contributed by atoms with Crippen LogP contribution in [0, 0.1) is 13.8 Å². The zero-order valence-electron chi connectivity index (χ0n) is 13.9. The molecule has 4 aromatic rings. The molecule has 4 aromatic heterocycles. The summed E-state index contributed by atoms with van der Waals surface area (Å²) in [6.07, 6.45) is 3.00. The Morgan fingerprint density at radius 3 is 2.81 bits per heavy atom. The van der Waals surface area contributed by atoms with E-state index in [4.69, 9.17) is 0 Å². The van der Waals surface area contributed by atoms with Crippen molar-refractivity contribution in [3.63, 3.8) is 0 Å². The van der Waals surface area contributed by atoms with E-state index < -0.39 is 5.91 Å². The number of carbonyl (C=O) groups is 1. The number of fused-ring (bicyclic) bond motifs is 1.